The Labute approximate surface area is 157 Å². The third-order valence-corrected chi connectivity index (χ3v) is 3.79. The Kier molecular flexibility index (Phi) is 5.80. The summed E-state index contributed by atoms with van der Waals surface area (Å²) in [6.07, 6.45) is 0. The fourth-order valence-corrected chi connectivity index (χ4v) is 2.40. The molecular weight excluding hydrogens is 348 g/mol. The van der Waals surface area contributed by atoms with Crippen LogP contribution in [0, 0.1) is 5.92 Å². The molecule has 0 spiro atoms. The van der Waals surface area contributed by atoms with Gasteiger partial charge in [0.15, 0.2) is 11.5 Å². The first-order chi connectivity index (χ1) is 13.0. The van der Waals surface area contributed by atoms with Gasteiger partial charge in [0.2, 0.25) is 6.79 Å². The van der Waals surface area contributed by atoms with Gasteiger partial charge >= 0.3 is 11.8 Å². The predicted molar refractivity (Wildman–Crippen MR) is 99.8 cm³/mol. The highest BCUT2D eigenvalue weighted by Crippen LogP contribution is 2.32. The van der Waals surface area contributed by atoms with Gasteiger partial charge in [-0.25, -0.2) is 0 Å². The molecule has 2 aromatic rings. The molecule has 2 N–H and O–H groups in total. The van der Waals surface area contributed by atoms with E-state index in [1.165, 1.54) is 0 Å². The molecule has 0 aromatic heterocycles. The highest BCUT2D eigenvalue weighted by Gasteiger charge is 2.16. The second kappa shape index (κ2) is 8.44. The van der Waals surface area contributed by atoms with E-state index in [9.17, 15) is 9.59 Å². The first-order valence-corrected chi connectivity index (χ1v) is 8.72. The zero-order valence-corrected chi connectivity index (χ0v) is 15.3. The van der Waals surface area contributed by atoms with Crippen LogP contribution in [0.5, 0.6) is 17.2 Å². The maximum Gasteiger partial charge on any atom is 0.313 e. The van der Waals surface area contributed by atoms with Crippen LogP contribution in [0.3, 0.4) is 0 Å². The maximum atomic E-state index is 12.0. The molecule has 0 fully saturated rings. The number of amides is 2. The van der Waals surface area contributed by atoms with Crippen molar-refractivity contribution in [2.45, 2.75) is 20.4 Å². The number of hydrogen-bond acceptors (Lipinski definition) is 5. The van der Waals surface area contributed by atoms with E-state index in [1.54, 1.807) is 36.4 Å². The van der Waals surface area contributed by atoms with Crippen molar-refractivity contribution >= 4 is 17.5 Å². The van der Waals surface area contributed by atoms with Crippen LogP contribution in [0.1, 0.15) is 19.4 Å². The van der Waals surface area contributed by atoms with Gasteiger partial charge in [0, 0.05) is 12.2 Å². The number of nitrogens with one attached hydrogen (secondary N) is 2. The maximum absolute atomic E-state index is 12.0. The molecule has 1 aliphatic heterocycles. The molecule has 0 radical (unpaired) electrons. The molecule has 2 amide bonds. The summed E-state index contributed by atoms with van der Waals surface area (Å²) in [5.41, 5.74) is 1.34. The van der Waals surface area contributed by atoms with Gasteiger partial charge < -0.3 is 24.8 Å². The molecule has 0 saturated heterocycles. The van der Waals surface area contributed by atoms with Crippen molar-refractivity contribution in [3.63, 3.8) is 0 Å². The van der Waals surface area contributed by atoms with Crippen LogP contribution in [-0.4, -0.2) is 25.2 Å². The van der Waals surface area contributed by atoms with E-state index >= 15 is 0 Å². The minimum Gasteiger partial charge on any atom is -0.493 e. The van der Waals surface area contributed by atoms with Crippen molar-refractivity contribution in [1.29, 1.82) is 0 Å². The summed E-state index contributed by atoms with van der Waals surface area (Å²) in [6.45, 7) is 5.15. The Balaban J connectivity index is 1.48. The second-order valence-electron chi connectivity index (χ2n) is 6.55. The predicted octanol–water partition coefficient (Wildman–Crippen LogP) is 2.71. The number of rotatable bonds is 6. The van der Waals surface area contributed by atoms with Crippen molar-refractivity contribution < 1.29 is 23.8 Å². The van der Waals surface area contributed by atoms with Crippen LogP contribution in [0.2, 0.25) is 0 Å². The number of carbonyl (C=O) groups is 2. The normalized spacial score (nSPS) is 12.0. The van der Waals surface area contributed by atoms with Gasteiger partial charge in [0.1, 0.15) is 5.75 Å². The van der Waals surface area contributed by atoms with Gasteiger partial charge in [-0.2, -0.15) is 0 Å². The molecule has 0 saturated carbocycles. The lowest BCUT2D eigenvalue weighted by molar-refractivity contribution is -0.136. The lowest BCUT2D eigenvalue weighted by Gasteiger charge is -2.10. The van der Waals surface area contributed by atoms with E-state index in [-0.39, 0.29) is 13.3 Å². The summed E-state index contributed by atoms with van der Waals surface area (Å²) < 4.78 is 16.1. The van der Waals surface area contributed by atoms with Gasteiger partial charge in [-0.1, -0.05) is 19.9 Å². The van der Waals surface area contributed by atoms with Gasteiger partial charge in [-0.3, -0.25) is 9.59 Å². The van der Waals surface area contributed by atoms with E-state index in [1.807, 2.05) is 6.07 Å². The average Bonchev–Trinajstić information content (AvgIpc) is 3.13. The zero-order chi connectivity index (χ0) is 19.2. The molecule has 3 rings (SSSR count). The Hall–Kier alpha value is -3.22. The lowest BCUT2D eigenvalue weighted by atomic mass is 10.2. The summed E-state index contributed by atoms with van der Waals surface area (Å²) in [5.74, 6) is 1.00. The second-order valence-corrected chi connectivity index (χ2v) is 6.55. The molecule has 0 atom stereocenters. The van der Waals surface area contributed by atoms with Gasteiger partial charge in [-0.15, -0.1) is 0 Å². The Morgan fingerprint density at radius 2 is 1.78 bits per heavy atom. The fraction of sp³-hybridized carbons (Fsp3) is 0.300. The van der Waals surface area contributed by atoms with Crippen LogP contribution in [0.15, 0.2) is 42.5 Å². The van der Waals surface area contributed by atoms with Crippen LogP contribution < -0.4 is 24.8 Å². The molecule has 2 aromatic carbocycles. The van der Waals surface area contributed by atoms with Crippen molar-refractivity contribution in [3.8, 4) is 17.2 Å². The summed E-state index contributed by atoms with van der Waals surface area (Å²) in [6, 6.07) is 12.2. The summed E-state index contributed by atoms with van der Waals surface area (Å²) in [5, 5.41) is 5.14. The van der Waals surface area contributed by atoms with Crippen molar-refractivity contribution in [3.05, 3.63) is 48.0 Å². The molecule has 0 unspecified atom stereocenters. The molecule has 142 valence electrons. The quantitative estimate of drug-likeness (QED) is 0.764. The van der Waals surface area contributed by atoms with E-state index in [0.29, 0.717) is 35.5 Å². The monoisotopic (exact) mass is 370 g/mol. The van der Waals surface area contributed by atoms with Crippen LogP contribution in [-0.2, 0) is 16.1 Å². The molecule has 7 nitrogen and oxygen atoms in total. The first-order valence-electron chi connectivity index (χ1n) is 8.72. The van der Waals surface area contributed by atoms with Crippen LogP contribution in [0.25, 0.3) is 0 Å². The third-order valence-electron chi connectivity index (χ3n) is 3.79. The fourth-order valence-electron chi connectivity index (χ4n) is 2.40. The summed E-state index contributed by atoms with van der Waals surface area (Å²) in [7, 11) is 0. The minimum absolute atomic E-state index is 0.189. The SMILES string of the molecule is CC(C)COc1ccc(NC(=O)C(=O)NCc2ccc3c(c2)OCO3)cc1. The highest BCUT2D eigenvalue weighted by atomic mass is 16.7. The van der Waals surface area contributed by atoms with Gasteiger partial charge in [0.25, 0.3) is 0 Å². The third kappa shape index (κ3) is 5.13. The van der Waals surface area contributed by atoms with E-state index < -0.39 is 11.8 Å². The number of ether oxygens (including phenoxy) is 3. The molecule has 1 aliphatic rings. The van der Waals surface area contributed by atoms with E-state index in [0.717, 1.165) is 5.56 Å². The number of anilines is 1. The topological polar surface area (TPSA) is 85.9 Å². The minimum atomic E-state index is -0.730. The van der Waals surface area contributed by atoms with Crippen molar-refractivity contribution in [2.24, 2.45) is 5.92 Å². The first kappa shape index (κ1) is 18.6. The zero-order valence-electron chi connectivity index (χ0n) is 15.3. The molecular formula is C20H22N2O5. The highest BCUT2D eigenvalue weighted by molar-refractivity contribution is 6.39. The largest absolute Gasteiger partial charge is 0.493 e. The Morgan fingerprint density at radius 3 is 2.52 bits per heavy atom. The van der Waals surface area contributed by atoms with Gasteiger partial charge in [-0.05, 0) is 47.9 Å². The number of hydrogen-bond donors (Lipinski definition) is 2. The molecule has 1 heterocycles. The lowest BCUT2D eigenvalue weighted by Crippen LogP contribution is -2.34. The summed E-state index contributed by atoms with van der Waals surface area (Å²) >= 11 is 0. The number of benzene rings is 2. The molecule has 0 bridgehead atoms. The van der Waals surface area contributed by atoms with Crippen molar-refractivity contribution in [2.75, 3.05) is 18.7 Å². The van der Waals surface area contributed by atoms with E-state index in [4.69, 9.17) is 14.2 Å². The average molecular weight is 370 g/mol. The Bertz CT molecular complexity index is 818. The molecule has 0 aliphatic carbocycles. The summed E-state index contributed by atoms with van der Waals surface area (Å²) in [4.78, 5) is 24.0. The standard InChI is InChI=1S/C20H22N2O5/c1-13(2)11-25-16-6-4-15(5-7-16)22-20(24)19(23)21-10-14-3-8-17-18(9-14)27-12-26-17/h3-9,13H,10-12H2,1-2H3,(H,21,23)(H,22,24). The smallest absolute Gasteiger partial charge is 0.313 e. The van der Waals surface area contributed by atoms with Gasteiger partial charge in [0.05, 0.1) is 6.61 Å². The number of carbonyl (C=O) groups excluding carboxylic acids is 2. The Morgan fingerprint density at radius 1 is 1.04 bits per heavy atom. The number of fused-ring (bicyclic) bond motifs is 1. The van der Waals surface area contributed by atoms with E-state index in [2.05, 4.69) is 24.5 Å². The van der Waals surface area contributed by atoms with Crippen LogP contribution >= 0.6 is 0 Å². The molecule has 7 heteroatoms. The van der Waals surface area contributed by atoms with Crippen LogP contribution in [0.4, 0.5) is 5.69 Å². The molecule has 27 heavy (non-hydrogen) atoms. The van der Waals surface area contributed by atoms with Crippen molar-refractivity contribution in [1.82, 2.24) is 5.32 Å².